The Balaban J connectivity index is 1.81. The van der Waals surface area contributed by atoms with Gasteiger partial charge in [-0.05, 0) is 57.4 Å². The van der Waals surface area contributed by atoms with Crippen LogP contribution in [0.4, 0.5) is 0 Å². The van der Waals surface area contributed by atoms with E-state index in [1.165, 1.54) is 0 Å². The molecule has 0 aromatic heterocycles. The standard InChI is InChI=1S/C18H26N2O3/c1-12(18(21)19-13-6-7-13)20-10-4-5-16(20)15-11-14(22-2)8-9-17(15)23-3/h8-9,11-13,16H,4-7,10H2,1-3H3,(H,19,21)/t12-,16-/m1/s1. The number of amides is 1. The molecule has 1 saturated heterocycles. The maximum absolute atomic E-state index is 12.4. The molecule has 1 heterocycles. The zero-order valence-electron chi connectivity index (χ0n) is 14.2. The number of nitrogens with zero attached hydrogens (tertiary/aromatic N) is 1. The van der Waals surface area contributed by atoms with E-state index in [0.717, 1.165) is 49.3 Å². The van der Waals surface area contributed by atoms with Crippen LogP contribution in [0, 0.1) is 0 Å². The maximum Gasteiger partial charge on any atom is 0.237 e. The third-order valence-electron chi connectivity index (χ3n) is 4.89. The highest BCUT2D eigenvalue weighted by Crippen LogP contribution is 2.40. The molecule has 1 aromatic carbocycles. The molecule has 5 nitrogen and oxygen atoms in total. The van der Waals surface area contributed by atoms with Crippen molar-refractivity contribution in [1.29, 1.82) is 0 Å². The number of carbonyl (C=O) groups excluding carboxylic acids is 1. The Kier molecular flexibility index (Phi) is 4.76. The molecule has 23 heavy (non-hydrogen) atoms. The zero-order valence-corrected chi connectivity index (χ0v) is 14.2. The molecular weight excluding hydrogens is 292 g/mol. The highest BCUT2D eigenvalue weighted by Gasteiger charge is 2.36. The van der Waals surface area contributed by atoms with Gasteiger partial charge in [-0.25, -0.2) is 0 Å². The molecule has 2 aliphatic rings. The van der Waals surface area contributed by atoms with E-state index in [1.807, 2.05) is 25.1 Å². The molecule has 5 heteroatoms. The summed E-state index contributed by atoms with van der Waals surface area (Å²) in [5.74, 6) is 1.82. The summed E-state index contributed by atoms with van der Waals surface area (Å²) >= 11 is 0. The van der Waals surface area contributed by atoms with E-state index in [9.17, 15) is 4.79 Å². The van der Waals surface area contributed by atoms with Crippen molar-refractivity contribution < 1.29 is 14.3 Å². The van der Waals surface area contributed by atoms with Crippen LogP contribution in [0.25, 0.3) is 0 Å². The Morgan fingerprint density at radius 2 is 2.04 bits per heavy atom. The van der Waals surface area contributed by atoms with Crippen molar-refractivity contribution in [1.82, 2.24) is 10.2 Å². The van der Waals surface area contributed by atoms with E-state index in [1.54, 1.807) is 14.2 Å². The molecule has 0 bridgehead atoms. The third-order valence-corrected chi connectivity index (χ3v) is 4.89. The summed E-state index contributed by atoms with van der Waals surface area (Å²) in [4.78, 5) is 14.7. The second kappa shape index (κ2) is 6.79. The topological polar surface area (TPSA) is 50.8 Å². The van der Waals surface area contributed by atoms with Crippen molar-refractivity contribution in [2.75, 3.05) is 20.8 Å². The van der Waals surface area contributed by atoms with Crippen LogP contribution in [0.3, 0.4) is 0 Å². The minimum Gasteiger partial charge on any atom is -0.497 e. The molecule has 0 spiro atoms. The zero-order chi connectivity index (χ0) is 16.4. The second-order valence-corrected chi connectivity index (χ2v) is 6.46. The van der Waals surface area contributed by atoms with E-state index in [0.29, 0.717) is 6.04 Å². The van der Waals surface area contributed by atoms with Crippen LogP contribution in [0.15, 0.2) is 18.2 Å². The summed E-state index contributed by atoms with van der Waals surface area (Å²) in [6.07, 6.45) is 4.36. The Morgan fingerprint density at radius 3 is 2.70 bits per heavy atom. The van der Waals surface area contributed by atoms with Crippen molar-refractivity contribution >= 4 is 5.91 Å². The number of ether oxygens (including phenoxy) is 2. The van der Waals surface area contributed by atoms with Crippen molar-refractivity contribution in [3.8, 4) is 11.5 Å². The molecule has 3 rings (SSSR count). The molecule has 2 fully saturated rings. The molecule has 2 atom stereocenters. The van der Waals surface area contributed by atoms with Crippen LogP contribution in [0.5, 0.6) is 11.5 Å². The number of methoxy groups -OCH3 is 2. The Bertz CT molecular complexity index is 571. The van der Waals surface area contributed by atoms with Crippen molar-refractivity contribution in [2.45, 2.75) is 50.7 Å². The number of rotatable bonds is 6. The molecule has 1 aliphatic carbocycles. The average molecular weight is 318 g/mol. The summed E-state index contributed by atoms with van der Waals surface area (Å²) in [6, 6.07) is 6.36. The Hall–Kier alpha value is -1.75. The van der Waals surface area contributed by atoms with E-state index >= 15 is 0 Å². The van der Waals surface area contributed by atoms with Gasteiger partial charge in [0.15, 0.2) is 0 Å². The monoisotopic (exact) mass is 318 g/mol. The molecule has 0 radical (unpaired) electrons. The van der Waals surface area contributed by atoms with Crippen molar-refractivity contribution in [3.63, 3.8) is 0 Å². The summed E-state index contributed by atoms with van der Waals surface area (Å²) in [7, 11) is 3.36. The van der Waals surface area contributed by atoms with Gasteiger partial charge in [0.1, 0.15) is 11.5 Å². The van der Waals surface area contributed by atoms with E-state index in [4.69, 9.17) is 9.47 Å². The smallest absolute Gasteiger partial charge is 0.237 e. The average Bonchev–Trinajstić information content (AvgIpc) is 3.25. The van der Waals surface area contributed by atoms with Gasteiger partial charge < -0.3 is 14.8 Å². The lowest BCUT2D eigenvalue weighted by atomic mass is 10.0. The highest BCUT2D eigenvalue weighted by atomic mass is 16.5. The van der Waals surface area contributed by atoms with Gasteiger partial charge in [0.05, 0.1) is 20.3 Å². The molecule has 1 amide bonds. The predicted molar refractivity (Wildman–Crippen MR) is 88.9 cm³/mol. The number of likely N-dealkylation sites (tertiary alicyclic amines) is 1. The van der Waals surface area contributed by atoms with Crippen LogP contribution >= 0.6 is 0 Å². The molecule has 1 aliphatic heterocycles. The van der Waals surface area contributed by atoms with Gasteiger partial charge >= 0.3 is 0 Å². The molecule has 1 N–H and O–H groups in total. The van der Waals surface area contributed by atoms with Gasteiger partial charge in [-0.1, -0.05) is 0 Å². The fourth-order valence-corrected chi connectivity index (χ4v) is 3.39. The molecule has 1 saturated carbocycles. The van der Waals surface area contributed by atoms with Crippen LogP contribution < -0.4 is 14.8 Å². The maximum atomic E-state index is 12.4. The fraction of sp³-hybridized carbons (Fsp3) is 0.611. The number of hydrogen-bond donors (Lipinski definition) is 1. The van der Waals surface area contributed by atoms with Gasteiger partial charge in [0, 0.05) is 17.6 Å². The van der Waals surface area contributed by atoms with Gasteiger partial charge in [-0.3, -0.25) is 9.69 Å². The SMILES string of the molecule is COc1ccc(OC)c([C@H]2CCCN2[C@H](C)C(=O)NC2CC2)c1. The first-order valence-electron chi connectivity index (χ1n) is 8.42. The number of hydrogen-bond acceptors (Lipinski definition) is 4. The van der Waals surface area contributed by atoms with E-state index in [2.05, 4.69) is 10.2 Å². The minimum atomic E-state index is -0.126. The first kappa shape index (κ1) is 16.1. The molecular formula is C18H26N2O3. The van der Waals surface area contributed by atoms with Gasteiger partial charge in [0.2, 0.25) is 5.91 Å². The van der Waals surface area contributed by atoms with E-state index in [-0.39, 0.29) is 18.0 Å². The third kappa shape index (κ3) is 3.44. The fourth-order valence-electron chi connectivity index (χ4n) is 3.39. The molecule has 1 aromatic rings. The van der Waals surface area contributed by atoms with Crippen molar-refractivity contribution in [2.24, 2.45) is 0 Å². The minimum absolute atomic E-state index is 0.126. The lowest BCUT2D eigenvalue weighted by Gasteiger charge is -2.31. The lowest BCUT2D eigenvalue weighted by Crippen LogP contribution is -2.45. The Labute approximate surface area is 137 Å². The van der Waals surface area contributed by atoms with Crippen LogP contribution in [0.2, 0.25) is 0 Å². The predicted octanol–water partition coefficient (Wildman–Crippen LogP) is 2.51. The van der Waals surface area contributed by atoms with Crippen LogP contribution in [-0.4, -0.2) is 43.7 Å². The largest absolute Gasteiger partial charge is 0.497 e. The second-order valence-electron chi connectivity index (χ2n) is 6.46. The Morgan fingerprint density at radius 1 is 1.26 bits per heavy atom. The van der Waals surface area contributed by atoms with Gasteiger partial charge in [-0.15, -0.1) is 0 Å². The summed E-state index contributed by atoms with van der Waals surface area (Å²) in [5, 5.41) is 3.12. The number of nitrogens with one attached hydrogen (secondary N) is 1. The van der Waals surface area contributed by atoms with Crippen LogP contribution in [-0.2, 0) is 4.79 Å². The quantitative estimate of drug-likeness (QED) is 0.875. The van der Waals surface area contributed by atoms with Gasteiger partial charge in [-0.2, -0.15) is 0 Å². The van der Waals surface area contributed by atoms with Gasteiger partial charge in [0.25, 0.3) is 0 Å². The number of carbonyl (C=O) groups is 1. The van der Waals surface area contributed by atoms with E-state index < -0.39 is 0 Å². The lowest BCUT2D eigenvalue weighted by molar-refractivity contribution is -0.126. The normalized spacial score (nSPS) is 22.7. The molecule has 0 unspecified atom stereocenters. The highest BCUT2D eigenvalue weighted by molar-refractivity contribution is 5.82. The molecule has 126 valence electrons. The van der Waals surface area contributed by atoms with Crippen LogP contribution in [0.1, 0.15) is 44.2 Å². The van der Waals surface area contributed by atoms with Crippen molar-refractivity contribution in [3.05, 3.63) is 23.8 Å². The first-order chi connectivity index (χ1) is 11.1. The first-order valence-corrected chi connectivity index (χ1v) is 8.42. The summed E-state index contributed by atoms with van der Waals surface area (Å²) in [5.41, 5.74) is 1.11. The number of benzene rings is 1. The summed E-state index contributed by atoms with van der Waals surface area (Å²) in [6.45, 7) is 2.94. The summed E-state index contributed by atoms with van der Waals surface area (Å²) < 4.78 is 10.9.